The van der Waals surface area contributed by atoms with Crippen LogP contribution in [0, 0.1) is 0 Å². The molecular formula is C13H9Cl2NO4S. The molecule has 1 aromatic carbocycles. The van der Waals surface area contributed by atoms with E-state index < -0.39 is 11.9 Å². The van der Waals surface area contributed by atoms with Crippen molar-refractivity contribution in [1.82, 2.24) is 0 Å². The second-order valence-electron chi connectivity index (χ2n) is 3.89. The van der Waals surface area contributed by atoms with Crippen molar-refractivity contribution in [3.63, 3.8) is 0 Å². The number of carboxylic acids is 1. The van der Waals surface area contributed by atoms with E-state index in [1.807, 2.05) is 0 Å². The van der Waals surface area contributed by atoms with E-state index in [2.05, 4.69) is 5.32 Å². The van der Waals surface area contributed by atoms with Crippen molar-refractivity contribution in [2.24, 2.45) is 0 Å². The van der Waals surface area contributed by atoms with Crippen LogP contribution in [-0.4, -0.2) is 24.1 Å². The van der Waals surface area contributed by atoms with Gasteiger partial charge < -0.3 is 15.2 Å². The third-order valence-electron chi connectivity index (χ3n) is 2.59. The second-order valence-corrected chi connectivity index (χ2v) is 5.62. The lowest BCUT2D eigenvalue weighted by molar-refractivity contribution is 0.0693. The summed E-state index contributed by atoms with van der Waals surface area (Å²) >= 11 is 13.1. The van der Waals surface area contributed by atoms with Gasteiger partial charge in [0, 0.05) is 6.07 Å². The van der Waals surface area contributed by atoms with E-state index in [9.17, 15) is 9.59 Å². The van der Waals surface area contributed by atoms with Gasteiger partial charge in [0.15, 0.2) is 0 Å². The van der Waals surface area contributed by atoms with Crippen LogP contribution >= 0.6 is 34.5 Å². The zero-order valence-electron chi connectivity index (χ0n) is 10.6. The molecule has 0 fully saturated rings. The number of benzene rings is 1. The molecule has 0 atom stereocenters. The number of carbonyl (C=O) groups excluding carboxylic acids is 1. The predicted octanol–water partition coefficient (Wildman–Crippen LogP) is 4.01. The number of amides is 1. The molecule has 21 heavy (non-hydrogen) atoms. The molecule has 5 nitrogen and oxygen atoms in total. The molecule has 110 valence electrons. The molecule has 0 aliphatic carbocycles. The Hall–Kier alpha value is -1.76. The van der Waals surface area contributed by atoms with Crippen molar-refractivity contribution < 1.29 is 19.4 Å². The summed E-state index contributed by atoms with van der Waals surface area (Å²) in [5, 5.41) is 13.7. The zero-order valence-corrected chi connectivity index (χ0v) is 13.0. The summed E-state index contributed by atoms with van der Waals surface area (Å²) in [4.78, 5) is 23.5. The van der Waals surface area contributed by atoms with E-state index in [4.69, 9.17) is 33.0 Å². The maximum absolute atomic E-state index is 12.1. The molecule has 0 aliphatic heterocycles. The van der Waals surface area contributed by atoms with E-state index >= 15 is 0 Å². The van der Waals surface area contributed by atoms with Gasteiger partial charge in [0.1, 0.15) is 16.2 Å². The van der Waals surface area contributed by atoms with Crippen molar-refractivity contribution in [3.8, 4) is 5.75 Å². The molecular weight excluding hydrogens is 337 g/mol. The highest BCUT2D eigenvalue weighted by Gasteiger charge is 2.18. The Labute approximate surface area is 134 Å². The molecule has 8 heteroatoms. The number of anilines is 1. The first-order chi connectivity index (χ1) is 9.93. The number of hydrogen-bond acceptors (Lipinski definition) is 4. The van der Waals surface area contributed by atoms with Crippen molar-refractivity contribution in [2.45, 2.75) is 0 Å². The molecule has 1 amide bonds. The van der Waals surface area contributed by atoms with E-state index in [0.717, 1.165) is 0 Å². The van der Waals surface area contributed by atoms with Gasteiger partial charge in [0.25, 0.3) is 5.91 Å². The maximum atomic E-state index is 12.1. The predicted molar refractivity (Wildman–Crippen MR) is 82.2 cm³/mol. The number of halogens is 2. The fourth-order valence-electron chi connectivity index (χ4n) is 1.62. The van der Waals surface area contributed by atoms with Gasteiger partial charge in [-0.25, -0.2) is 4.79 Å². The first-order valence-electron chi connectivity index (χ1n) is 5.59. The van der Waals surface area contributed by atoms with E-state index in [-0.39, 0.29) is 22.0 Å². The molecule has 1 aromatic heterocycles. The molecule has 0 spiro atoms. The molecule has 0 radical (unpaired) electrons. The first kappa shape index (κ1) is 15.6. The van der Waals surface area contributed by atoms with Crippen LogP contribution in [0.25, 0.3) is 0 Å². The summed E-state index contributed by atoms with van der Waals surface area (Å²) in [6, 6.07) is 4.18. The van der Waals surface area contributed by atoms with Crippen LogP contribution in [0.15, 0.2) is 23.6 Å². The summed E-state index contributed by atoms with van der Waals surface area (Å²) in [7, 11) is 1.33. The van der Waals surface area contributed by atoms with Crippen LogP contribution in [0.3, 0.4) is 0 Å². The van der Waals surface area contributed by atoms with Gasteiger partial charge in [-0.05, 0) is 17.5 Å². The minimum atomic E-state index is -1.17. The Morgan fingerprint density at radius 3 is 2.52 bits per heavy atom. The highest BCUT2D eigenvalue weighted by molar-refractivity contribution is 7.12. The average Bonchev–Trinajstić information content (AvgIpc) is 2.86. The second kappa shape index (κ2) is 6.34. The number of hydrogen-bond donors (Lipinski definition) is 2. The quantitative estimate of drug-likeness (QED) is 0.877. The van der Waals surface area contributed by atoms with Crippen LogP contribution in [-0.2, 0) is 0 Å². The van der Waals surface area contributed by atoms with Crippen molar-refractivity contribution in [3.05, 3.63) is 44.1 Å². The van der Waals surface area contributed by atoms with Crippen LogP contribution < -0.4 is 10.1 Å². The Bertz CT molecular complexity index is 714. The molecule has 0 saturated carbocycles. The van der Waals surface area contributed by atoms with Crippen molar-refractivity contribution in [2.75, 3.05) is 12.4 Å². The van der Waals surface area contributed by atoms with Crippen LogP contribution in [0.5, 0.6) is 5.75 Å². The zero-order chi connectivity index (χ0) is 15.6. The fourth-order valence-corrected chi connectivity index (χ4v) is 2.87. The van der Waals surface area contributed by atoms with Crippen LogP contribution in [0.1, 0.15) is 20.0 Å². The summed E-state index contributed by atoms with van der Waals surface area (Å²) in [5.74, 6) is -1.51. The summed E-state index contributed by atoms with van der Waals surface area (Å²) < 4.78 is 4.98. The molecule has 1 heterocycles. The highest BCUT2D eigenvalue weighted by atomic mass is 35.5. The van der Waals surface area contributed by atoms with E-state index in [0.29, 0.717) is 9.90 Å². The van der Waals surface area contributed by atoms with Crippen molar-refractivity contribution in [1.29, 1.82) is 0 Å². The Morgan fingerprint density at radius 2 is 2.00 bits per heavy atom. The number of aromatic carboxylic acids is 1. The maximum Gasteiger partial charge on any atom is 0.339 e. The van der Waals surface area contributed by atoms with Gasteiger partial charge >= 0.3 is 5.97 Å². The standard InChI is InChI=1S/C13H9Cl2NO4S/c1-20-10-5-9(8(15)4-6(10)13(18)19)16-12(17)11-7(14)2-3-21-11/h2-5H,1H3,(H,16,17)(H,18,19). The largest absolute Gasteiger partial charge is 0.496 e. The summed E-state index contributed by atoms with van der Waals surface area (Å²) in [6.45, 7) is 0. The summed E-state index contributed by atoms with van der Waals surface area (Å²) in [6.07, 6.45) is 0. The minimum absolute atomic E-state index is 0.0883. The normalized spacial score (nSPS) is 10.2. The topological polar surface area (TPSA) is 75.6 Å². The number of rotatable bonds is 4. The average molecular weight is 346 g/mol. The lowest BCUT2D eigenvalue weighted by Crippen LogP contribution is -2.12. The third-order valence-corrected chi connectivity index (χ3v) is 4.24. The molecule has 0 aliphatic rings. The summed E-state index contributed by atoms with van der Waals surface area (Å²) in [5.41, 5.74) is 0.155. The third kappa shape index (κ3) is 3.29. The van der Waals surface area contributed by atoms with Gasteiger partial charge in [0.05, 0.1) is 22.8 Å². The van der Waals surface area contributed by atoms with Gasteiger partial charge in [-0.3, -0.25) is 4.79 Å². The van der Waals surface area contributed by atoms with Gasteiger partial charge in [-0.1, -0.05) is 23.2 Å². The number of carboxylic acid groups (broad SMARTS) is 1. The SMILES string of the molecule is COc1cc(NC(=O)c2sccc2Cl)c(Cl)cc1C(=O)O. The highest BCUT2D eigenvalue weighted by Crippen LogP contribution is 2.32. The number of carbonyl (C=O) groups is 2. The molecule has 2 aromatic rings. The van der Waals surface area contributed by atoms with Gasteiger partial charge in [-0.2, -0.15) is 0 Å². The van der Waals surface area contributed by atoms with E-state index in [1.54, 1.807) is 11.4 Å². The number of thiophene rings is 1. The number of methoxy groups -OCH3 is 1. The lowest BCUT2D eigenvalue weighted by Gasteiger charge is -2.11. The van der Waals surface area contributed by atoms with Crippen LogP contribution in [0.2, 0.25) is 10.0 Å². The Balaban J connectivity index is 2.35. The molecule has 2 rings (SSSR count). The molecule has 2 N–H and O–H groups in total. The Kier molecular flexibility index (Phi) is 4.72. The molecule has 0 unspecified atom stereocenters. The monoisotopic (exact) mass is 345 g/mol. The minimum Gasteiger partial charge on any atom is -0.496 e. The first-order valence-corrected chi connectivity index (χ1v) is 7.22. The van der Waals surface area contributed by atoms with Crippen LogP contribution in [0.4, 0.5) is 5.69 Å². The molecule has 0 saturated heterocycles. The number of ether oxygens (including phenoxy) is 1. The van der Waals surface area contributed by atoms with Gasteiger partial charge in [-0.15, -0.1) is 11.3 Å². The number of nitrogens with one attached hydrogen (secondary N) is 1. The van der Waals surface area contributed by atoms with Crippen molar-refractivity contribution >= 4 is 52.1 Å². The smallest absolute Gasteiger partial charge is 0.339 e. The Morgan fingerprint density at radius 1 is 1.29 bits per heavy atom. The van der Waals surface area contributed by atoms with E-state index in [1.165, 1.54) is 30.6 Å². The molecule has 0 bridgehead atoms. The lowest BCUT2D eigenvalue weighted by atomic mass is 10.1. The fraction of sp³-hybridized carbons (Fsp3) is 0.0769. The van der Waals surface area contributed by atoms with Gasteiger partial charge in [0.2, 0.25) is 0 Å².